The summed E-state index contributed by atoms with van der Waals surface area (Å²) in [6.45, 7) is 1.85. The van der Waals surface area contributed by atoms with Crippen LogP contribution in [0.2, 0.25) is 0 Å². The summed E-state index contributed by atoms with van der Waals surface area (Å²) in [5.74, 6) is -0.811. The van der Waals surface area contributed by atoms with E-state index in [0.717, 1.165) is 11.6 Å². The lowest BCUT2D eigenvalue weighted by molar-refractivity contribution is -0.387. The van der Waals surface area contributed by atoms with E-state index >= 15 is 0 Å². The molecule has 0 bridgehead atoms. The van der Waals surface area contributed by atoms with Crippen molar-refractivity contribution < 1.29 is 9.31 Å². The van der Waals surface area contributed by atoms with Gasteiger partial charge in [0.15, 0.2) is 0 Å². The first-order valence-electron chi connectivity index (χ1n) is 3.68. The fourth-order valence-electron chi connectivity index (χ4n) is 0.992. The molecule has 0 radical (unpaired) electrons. The average Bonchev–Trinajstić information content (AvgIpc) is 2.03. The molecule has 13 heavy (non-hydrogen) atoms. The van der Waals surface area contributed by atoms with Crippen molar-refractivity contribution in [2.24, 2.45) is 0 Å². The van der Waals surface area contributed by atoms with E-state index in [9.17, 15) is 14.5 Å². The molecular formula is C8H7BrFNO2. The van der Waals surface area contributed by atoms with Gasteiger partial charge in [-0.05, 0) is 18.1 Å². The molecule has 0 amide bonds. The van der Waals surface area contributed by atoms with Gasteiger partial charge >= 0.3 is 5.69 Å². The number of benzene rings is 1. The number of hydrogen-bond donors (Lipinski definition) is 0. The third-order valence-corrected chi connectivity index (χ3v) is 2.43. The van der Waals surface area contributed by atoms with Crippen LogP contribution in [0.1, 0.15) is 12.5 Å². The summed E-state index contributed by atoms with van der Waals surface area (Å²) in [6.07, 6.45) is 0.627. The second-order valence-electron chi connectivity index (χ2n) is 2.51. The summed E-state index contributed by atoms with van der Waals surface area (Å²) in [5, 5.41) is 10.4. The van der Waals surface area contributed by atoms with Crippen LogP contribution < -0.4 is 0 Å². The molecule has 0 aliphatic carbocycles. The van der Waals surface area contributed by atoms with Gasteiger partial charge in [-0.3, -0.25) is 10.1 Å². The van der Waals surface area contributed by atoms with Gasteiger partial charge in [-0.2, -0.15) is 4.39 Å². The molecule has 3 nitrogen and oxygen atoms in total. The second kappa shape index (κ2) is 3.83. The van der Waals surface area contributed by atoms with Crippen LogP contribution >= 0.6 is 15.9 Å². The highest BCUT2D eigenvalue weighted by atomic mass is 79.9. The Morgan fingerprint density at radius 2 is 2.23 bits per heavy atom. The first kappa shape index (κ1) is 10.1. The molecule has 5 heteroatoms. The van der Waals surface area contributed by atoms with Crippen LogP contribution in [0, 0.1) is 15.9 Å². The highest BCUT2D eigenvalue weighted by Crippen LogP contribution is 2.26. The summed E-state index contributed by atoms with van der Waals surface area (Å²) < 4.78 is 13.5. The Morgan fingerprint density at radius 1 is 1.62 bits per heavy atom. The van der Waals surface area contributed by atoms with Crippen LogP contribution in [0.15, 0.2) is 16.6 Å². The van der Waals surface area contributed by atoms with E-state index in [1.807, 2.05) is 6.92 Å². The van der Waals surface area contributed by atoms with Gasteiger partial charge in [-0.1, -0.05) is 22.9 Å². The molecule has 0 saturated carbocycles. The maximum Gasteiger partial charge on any atom is 0.305 e. The van der Waals surface area contributed by atoms with E-state index < -0.39 is 16.4 Å². The van der Waals surface area contributed by atoms with Gasteiger partial charge in [-0.15, -0.1) is 0 Å². The average molecular weight is 248 g/mol. The third kappa shape index (κ3) is 2.03. The summed E-state index contributed by atoms with van der Waals surface area (Å²) in [5.41, 5.74) is 0.258. The Labute approximate surface area is 82.8 Å². The van der Waals surface area contributed by atoms with Gasteiger partial charge in [0, 0.05) is 10.5 Å². The summed E-state index contributed by atoms with van der Waals surface area (Å²) in [7, 11) is 0. The van der Waals surface area contributed by atoms with E-state index in [2.05, 4.69) is 15.9 Å². The Hall–Kier alpha value is -0.970. The number of aryl methyl sites for hydroxylation is 1. The van der Waals surface area contributed by atoms with Crippen molar-refractivity contribution in [2.75, 3.05) is 0 Å². The van der Waals surface area contributed by atoms with Crippen molar-refractivity contribution >= 4 is 21.6 Å². The number of hydrogen-bond acceptors (Lipinski definition) is 2. The molecule has 1 rings (SSSR count). The van der Waals surface area contributed by atoms with Crippen molar-refractivity contribution in [3.63, 3.8) is 0 Å². The van der Waals surface area contributed by atoms with Gasteiger partial charge in [0.05, 0.1) is 4.92 Å². The van der Waals surface area contributed by atoms with Crippen molar-refractivity contribution in [1.82, 2.24) is 0 Å². The highest BCUT2D eigenvalue weighted by molar-refractivity contribution is 9.10. The van der Waals surface area contributed by atoms with Gasteiger partial charge in [-0.25, -0.2) is 0 Å². The fraction of sp³-hybridized carbons (Fsp3) is 0.250. The molecule has 0 aromatic heterocycles. The Balaban J connectivity index is 3.30. The lowest BCUT2D eigenvalue weighted by atomic mass is 10.1. The van der Waals surface area contributed by atoms with E-state index in [4.69, 9.17) is 0 Å². The number of halogens is 2. The second-order valence-corrected chi connectivity index (χ2v) is 3.36. The maximum absolute atomic E-state index is 12.9. The normalized spacial score (nSPS) is 10.1. The standard InChI is InChI=1S/C8H7BrFNO2/c1-2-5-3-8(11(12)13)7(10)4-6(5)9/h3-4H,2H2,1H3. The zero-order valence-electron chi connectivity index (χ0n) is 6.88. The molecule has 0 aliphatic rings. The summed E-state index contributed by atoms with van der Waals surface area (Å²) >= 11 is 3.13. The van der Waals surface area contributed by atoms with E-state index in [1.54, 1.807) is 0 Å². The van der Waals surface area contributed by atoms with Gasteiger partial charge in [0.25, 0.3) is 0 Å². The molecular weight excluding hydrogens is 241 g/mol. The third-order valence-electron chi connectivity index (χ3n) is 1.69. The molecule has 0 atom stereocenters. The van der Waals surface area contributed by atoms with E-state index in [1.165, 1.54) is 6.07 Å². The molecule has 0 spiro atoms. The van der Waals surface area contributed by atoms with Crippen molar-refractivity contribution in [2.45, 2.75) is 13.3 Å². The number of nitro benzene ring substituents is 1. The highest BCUT2D eigenvalue weighted by Gasteiger charge is 2.16. The van der Waals surface area contributed by atoms with Crippen molar-refractivity contribution in [3.05, 3.63) is 38.1 Å². The maximum atomic E-state index is 12.9. The van der Waals surface area contributed by atoms with Crippen molar-refractivity contribution in [1.29, 1.82) is 0 Å². The zero-order chi connectivity index (χ0) is 10.0. The molecule has 0 aliphatic heterocycles. The quantitative estimate of drug-likeness (QED) is 0.596. The molecule has 0 heterocycles. The Bertz CT molecular complexity index is 354. The first-order valence-corrected chi connectivity index (χ1v) is 4.48. The van der Waals surface area contributed by atoms with Crippen LogP contribution in [0.3, 0.4) is 0 Å². The minimum atomic E-state index is -0.811. The topological polar surface area (TPSA) is 43.1 Å². The largest absolute Gasteiger partial charge is 0.305 e. The van der Waals surface area contributed by atoms with Crippen LogP contribution in [-0.2, 0) is 6.42 Å². The van der Waals surface area contributed by atoms with Crippen LogP contribution in [0.4, 0.5) is 10.1 Å². The fourth-order valence-corrected chi connectivity index (χ4v) is 1.59. The first-order chi connectivity index (χ1) is 6.06. The predicted molar refractivity (Wildman–Crippen MR) is 50.1 cm³/mol. The van der Waals surface area contributed by atoms with E-state index in [0.29, 0.717) is 10.9 Å². The van der Waals surface area contributed by atoms with E-state index in [-0.39, 0.29) is 0 Å². The van der Waals surface area contributed by atoms with Crippen LogP contribution in [0.25, 0.3) is 0 Å². The molecule has 0 N–H and O–H groups in total. The number of nitro groups is 1. The smallest absolute Gasteiger partial charge is 0.258 e. The van der Waals surface area contributed by atoms with Gasteiger partial charge < -0.3 is 0 Å². The molecule has 1 aromatic carbocycles. The summed E-state index contributed by atoms with van der Waals surface area (Å²) in [6, 6.07) is 2.37. The lowest BCUT2D eigenvalue weighted by Gasteiger charge is -2.01. The summed E-state index contributed by atoms with van der Waals surface area (Å²) in [4.78, 5) is 9.63. The molecule has 1 aromatic rings. The number of rotatable bonds is 2. The zero-order valence-corrected chi connectivity index (χ0v) is 8.47. The monoisotopic (exact) mass is 247 g/mol. The predicted octanol–water partition coefficient (Wildman–Crippen LogP) is 3.06. The molecule has 0 saturated heterocycles. The molecule has 0 unspecified atom stereocenters. The lowest BCUT2D eigenvalue weighted by Crippen LogP contribution is -1.95. The van der Waals surface area contributed by atoms with Crippen molar-refractivity contribution in [3.8, 4) is 0 Å². The minimum Gasteiger partial charge on any atom is -0.258 e. The van der Waals surface area contributed by atoms with Gasteiger partial charge in [0.2, 0.25) is 5.82 Å². The number of nitrogens with zero attached hydrogens (tertiary/aromatic N) is 1. The Morgan fingerprint density at radius 3 is 2.69 bits per heavy atom. The SMILES string of the molecule is CCc1cc([N+](=O)[O-])c(F)cc1Br. The van der Waals surface area contributed by atoms with Crippen LogP contribution in [-0.4, -0.2) is 4.92 Å². The Kier molecular flexibility index (Phi) is 2.98. The minimum absolute atomic E-state index is 0.472. The van der Waals surface area contributed by atoms with Gasteiger partial charge in [0.1, 0.15) is 0 Å². The molecule has 0 fully saturated rings. The molecule has 70 valence electrons. The van der Waals surface area contributed by atoms with Crippen LogP contribution in [0.5, 0.6) is 0 Å².